The number of nitrogens with zero attached hydrogens (tertiary/aromatic N) is 1. The summed E-state index contributed by atoms with van der Waals surface area (Å²) in [5.41, 5.74) is 7.36. The molecule has 0 atom stereocenters. The average Bonchev–Trinajstić information content (AvgIpc) is 3.28. The van der Waals surface area contributed by atoms with Crippen molar-refractivity contribution in [3.05, 3.63) is 50.7 Å². The van der Waals surface area contributed by atoms with Gasteiger partial charge in [-0.25, -0.2) is 4.98 Å². The van der Waals surface area contributed by atoms with Crippen LogP contribution in [0.2, 0.25) is 0 Å². The minimum atomic E-state index is -0.231. The summed E-state index contributed by atoms with van der Waals surface area (Å²) in [6, 6.07) is 9.94. The van der Waals surface area contributed by atoms with Gasteiger partial charge in [-0.2, -0.15) is 0 Å². The van der Waals surface area contributed by atoms with Crippen LogP contribution in [0.25, 0.3) is 10.2 Å². The topological polar surface area (TPSA) is 71.1 Å². The molecule has 3 aromatic rings. The number of hydrogen-bond donors (Lipinski definition) is 2. The Balaban J connectivity index is 1.28. The number of rotatable bonds is 4. The van der Waals surface area contributed by atoms with E-state index in [9.17, 15) is 9.59 Å². The van der Waals surface area contributed by atoms with E-state index in [-0.39, 0.29) is 11.8 Å². The maximum atomic E-state index is 12.4. The van der Waals surface area contributed by atoms with Gasteiger partial charge in [-0.15, -0.1) is 22.7 Å². The number of hydrogen-bond acceptors (Lipinski definition) is 5. The molecule has 0 saturated carbocycles. The molecule has 1 aliphatic carbocycles. The lowest BCUT2D eigenvalue weighted by Crippen LogP contribution is -2.41. The third-order valence-electron chi connectivity index (χ3n) is 4.94. The number of amides is 2. The third kappa shape index (κ3) is 4.59. The Morgan fingerprint density at radius 1 is 1.00 bits per heavy atom. The van der Waals surface area contributed by atoms with E-state index in [2.05, 4.69) is 15.8 Å². The molecule has 2 heterocycles. The monoisotopic (exact) mass is 413 g/mol. The number of thiophene rings is 1. The summed E-state index contributed by atoms with van der Waals surface area (Å²) >= 11 is 3.16. The molecule has 0 spiro atoms. The minimum absolute atomic E-state index is 0.206. The number of carbonyl (C=O) groups is 2. The molecule has 0 bridgehead atoms. The highest BCUT2D eigenvalue weighted by atomic mass is 32.1. The smallest absolute Gasteiger partial charge is 0.273 e. The fraction of sp³-hybridized carbons (Fsp3) is 0.381. The van der Waals surface area contributed by atoms with E-state index in [1.807, 2.05) is 30.3 Å². The molecule has 7 heteroatoms. The second kappa shape index (κ2) is 8.84. The molecule has 5 nitrogen and oxygen atoms in total. The van der Waals surface area contributed by atoms with Crippen molar-refractivity contribution < 1.29 is 9.59 Å². The van der Waals surface area contributed by atoms with Gasteiger partial charge >= 0.3 is 0 Å². The highest BCUT2D eigenvalue weighted by Crippen LogP contribution is 2.28. The normalized spacial score (nSPS) is 14.1. The van der Waals surface area contributed by atoms with Crippen LogP contribution in [0, 0.1) is 0 Å². The first-order valence-electron chi connectivity index (χ1n) is 9.74. The van der Waals surface area contributed by atoms with E-state index < -0.39 is 0 Å². The van der Waals surface area contributed by atoms with Crippen LogP contribution in [-0.4, -0.2) is 16.8 Å². The molecule has 1 aromatic carbocycles. The predicted octanol–water partition coefficient (Wildman–Crippen LogP) is 4.41. The van der Waals surface area contributed by atoms with Gasteiger partial charge in [-0.05, 0) is 49.4 Å². The highest BCUT2D eigenvalue weighted by molar-refractivity contribution is 7.18. The molecule has 2 N–H and O–H groups in total. The standard InChI is InChI=1S/C21H23N3O2S2/c25-19(11-12-20-22-15-8-5-6-10-17(15)28-20)23-24-21(26)18-13-14-7-3-1-2-4-9-16(14)27-18/h5-6,8,10,13H,1-4,7,9,11-12H2,(H,23,25)(H,24,26). The number of nitrogens with one attached hydrogen (secondary N) is 2. The van der Waals surface area contributed by atoms with Crippen molar-refractivity contribution in [2.45, 2.75) is 51.4 Å². The summed E-state index contributed by atoms with van der Waals surface area (Å²) in [5.74, 6) is -0.437. The van der Waals surface area contributed by atoms with Crippen molar-refractivity contribution >= 4 is 44.7 Å². The number of aryl methyl sites for hydroxylation is 3. The van der Waals surface area contributed by atoms with Crippen molar-refractivity contribution in [2.75, 3.05) is 0 Å². The van der Waals surface area contributed by atoms with E-state index in [4.69, 9.17) is 0 Å². The lowest BCUT2D eigenvalue weighted by Gasteiger charge is -2.07. The number of fused-ring (bicyclic) bond motifs is 2. The molecule has 0 radical (unpaired) electrons. The molecule has 1 aliphatic rings. The van der Waals surface area contributed by atoms with Gasteiger partial charge in [0.25, 0.3) is 5.91 Å². The number of aromatic nitrogens is 1. The van der Waals surface area contributed by atoms with Crippen LogP contribution < -0.4 is 10.9 Å². The quantitative estimate of drug-likeness (QED) is 0.623. The first kappa shape index (κ1) is 19.1. The second-order valence-corrected chi connectivity index (χ2v) is 9.30. The maximum Gasteiger partial charge on any atom is 0.279 e. The number of thiazole rings is 1. The number of benzene rings is 1. The number of carbonyl (C=O) groups excluding carboxylic acids is 2. The summed E-state index contributed by atoms with van der Waals surface area (Å²) in [6.45, 7) is 0. The fourth-order valence-electron chi connectivity index (χ4n) is 3.45. The van der Waals surface area contributed by atoms with Gasteiger partial charge in [0.05, 0.1) is 20.1 Å². The van der Waals surface area contributed by atoms with E-state index in [0.29, 0.717) is 17.7 Å². The first-order valence-corrected chi connectivity index (χ1v) is 11.4. The Hall–Kier alpha value is -2.25. The lowest BCUT2D eigenvalue weighted by molar-refractivity contribution is -0.121. The van der Waals surface area contributed by atoms with E-state index >= 15 is 0 Å². The first-order chi connectivity index (χ1) is 13.7. The Labute approximate surface area is 172 Å². The molecule has 4 rings (SSSR count). The lowest BCUT2D eigenvalue weighted by atomic mass is 10.00. The zero-order chi connectivity index (χ0) is 19.3. The van der Waals surface area contributed by atoms with Crippen LogP contribution in [0.5, 0.6) is 0 Å². The summed E-state index contributed by atoms with van der Waals surface area (Å²) in [5, 5.41) is 0.931. The molecule has 0 aliphatic heterocycles. The van der Waals surface area contributed by atoms with Gasteiger partial charge in [-0.3, -0.25) is 20.4 Å². The van der Waals surface area contributed by atoms with E-state index in [1.165, 1.54) is 36.1 Å². The molecule has 2 aromatic heterocycles. The van der Waals surface area contributed by atoms with Crippen molar-refractivity contribution in [1.29, 1.82) is 0 Å². The zero-order valence-corrected chi connectivity index (χ0v) is 17.3. The predicted molar refractivity (Wildman–Crippen MR) is 114 cm³/mol. The number of hydrazine groups is 1. The van der Waals surface area contributed by atoms with Gasteiger partial charge in [0.15, 0.2) is 0 Å². The Kier molecular flexibility index (Phi) is 6.02. The average molecular weight is 414 g/mol. The Morgan fingerprint density at radius 2 is 1.82 bits per heavy atom. The molecule has 2 amide bonds. The van der Waals surface area contributed by atoms with Crippen LogP contribution in [0.15, 0.2) is 30.3 Å². The van der Waals surface area contributed by atoms with E-state index in [0.717, 1.165) is 28.1 Å². The van der Waals surface area contributed by atoms with Crippen molar-refractivity contribution in [3.8, 4) is 0 Å². The van der Waals surface area contributed by atoms with Crippen LogP contribution in [-0.2, 0) is 24.1 Å². The van der Waals surface area contributed by atoms with Gasteiger partial charge in [0.1, 0.15) is 0 Å². The fourth-order valence-corrected chi connectivity index (χ4v) is 5.57. The summed E-state index contributed by atoms with van der Waals surface area (Å²) < 4.78 is 1.12. The van der Waals surface area contributed by atoms with Crippen molar-refractivity contribution in [3.63, 3.8) is 0 Å². The summed E-state index contributed by atoms with van der Waals surface area (Å²) in [4.78, 5) is 31.0. The van der Waals surface area contributed by atoms with Crippen molar-refractivity contribution in [1.82, 2.24) is 15.8 Å². The molecule has 28 heavy (non-hydrogen) atoms. The van der Waals surface area contributed by atoms with Gasteiger partial charge in [0, 0.05) is 17.7 Å². The summed E-state index contributed by atoms with van der Waals surface area (Å²) in [6.07, 6.45) is 7.88. The largest absolute Gasteiger partial charge is 0.279 e. The molecule has 0 unspecified atom stereocenters. The second-order valence-electron chi connectivity index (χ2n) is 7.05. The van der Waals surface area contributed by atoms with Crippen LogP contribution in [0.4, 0.5) is 0 Å². The molecular weight excluding hydrogens is 390 g/mol. The van der Waals surface area contributed by atoms with Crippen LogP contribution in [0.1, 0.15) is 57.2 Å². The number of para-hydroxylation sites is 1. The SMILES string of the molecule is O=C(CCc1nc2ccccc2s1)NNC(=O)c1cc2c(s1)CCCCCC2. The minimum Gasteiger partial charge on any atom is -0.273 e. The van der Waals surface area contributed by atoms with Gasteiger partial charge < -0.3 is 0 Å². The van der Waals surface area contributed by atoms with Crippen LogP contribution in [0.3, 0.4) is 0 Å². The maximum absolute atomic E-state index is 12.4. The van der Waals surface area contributed by atoms with E-state index in [1.54, 1.807) is 22.7 Å². The third-order valence-corrected chi connectivity index (χ3v) is 7.27. The van der Waals surface area contributed by atoms with Gasteiger partial charge in [-0.1, -0.05) is 25.0 Å². The highest BCUT2D eigenvalue weighted by Gasteiger charge is 2.16. The van der Waals surface area contributed by atoms with Crippen LogP contribution >= 0.6 is 22.7 Å². The van der Waals surface area contributed by atoms with Gasteiger partial charge in [0.2, 0.25) is 5.91 Å². The Bertz CT molecular complexity index is 934. The molecule has 0 fully saturated rings. The molecule has 146 valence electrons. The molecular formula is C21H23N3O2S2. The Morgan fingerprint density at radius 3 is 2.68 bits per heavy atom. The molecule has 0 saturated heterocycles. The van der Waals surface area contributed by atoms with Crippen molar-refractivity contribution in [2.24, 2.45) is 0 Å². The zero-order valence-electron chi connectivity index (χ0n) is 15.6. The summed E-state index contributed by atoms with van der Waals surface area (Å²) in [7, 11) is 0.